The van der Waals surface area contributed by atoms with Gasteiger partial charge in [-0.3, -0.25) is 4.79 Å². The van der Waals surface area contributed by atoms with Crippen LogP contribution in [0.5, 0.6) is 0 Å². The van der Waals surface area contributed by atoms with Gasteiger partial charge in [-0.05, 0) is 44.7 Å². The average Bonchev–Trinajstić information content (AvgIpc) is 3.29. The first kappa shape index (κ1) is 16.5. The smallest absolute Gasteiger partial charge is 0.349 e. The highest BCUT2D eigenvalue weighted by Gasteiger charge is 2.31. The average molecular weight is 338 g/mol. The van der Waals surface area contributed by atoms with Gasteiger partial charge in [-0.1, -0.05) is 0 Å². The van der Waals surface area contributed by atoms with E-state index in [0.717, 1.165) is 25.1 Å². The summed E-state index contributed by atoms with van der Waals surface area (Å²) in [5.74, 6) is 0.528. The van der Waals surface area contributed by atoms with Gasteiger partial charge in [0.2, 0.25) is 0 Å². The van der Waals surface area contributed by atoms with Crippen LogP contribution < -0.4 is 5.32 Å². The third-order valence-electron chi connectivity index (χ3n) is 4.23. The molecule has 1 amide bonds. The summed E-state index contributed by atoms with van der Waals surface area (Å²) >= 11 is 0. The number of hydrogen-bond acceptors (Lipinski definition) is 3. The van der Waals surface area contributed by atoms with Gasteiger partial charge in [0, 0.05) is 12.2 Å². The number of carbonyl (C=O) groups excluding carboxylic acids is 1. The Hall–Kier alpha value is -2.38. The summed E-state index contributed by atoms with van der Waals surface area (Å²) in [6.45, 7) is 3.65. The van der Waals surface area contributed by atoms with Crippen molar-refractivity contribution in [1.82, 2.24) is 20.1 Å². The number of carbonyl (C=O) groups is 1. The minimum Gasteiger partial charge on any atom is -0.349 e. The van der Waals surface area contributed by atoms with Crippen LogP contribution in [0.1, 0.15) is 41.4 Å². The molecular weight excluding hydrogens is 321 g/mol. The van der Waals surface area contributed by atoms with Gasteiger partial charge in [0.1, 0.15) is 0 Å². The van der Waals surface area contributed by atoms with Crippen molar-refractivity contribution in [2.75, 3.05) is 0 Å². The van der Waals surface area contributed by atoms with Crippen molar-refractivity contribution in [3.05, 3.63) is 41.3 Å². The molecule has 2 aromatic heterocycles. The number of nitrogens with one attached hydrogen (secondary N) is 1. The van der Waals surface area contributed by atoms with Gasteiger partial charge >= 0.3 is 6.18 Å². The maximum absolute atomic E-state index is 12.6. The normalized spacial score (nSPS) is 16.0. The molecule has 5 nitrogen and oxygen atoms in total. The first-order valence-corrected chi connectivity index (χ1v) is 7.66. The van der Waals surface area contributed by atoms with Crippen molar-refractivity contribution in [3.8, 4) is 5.82 Å². The number of hydrogen-bond donors (Lipinski definition) is 1. The molecule has 128 valence electrons. The van der Waals surface area contributed by atoms with Crippen LogP contribution in [0.4, 0.5) is 13.2 Å². The standard InChI is InChI=1S/C16H17F3N4O/c1-9(11-3-4-11)22-15(24)13-8-21-23(10(13)2)14-6-5-12(7-20-14)16(17,18)19/h5-9,11H,3-4H2,1-2H3,(H,22,24). The van der Waals surface area contributed by atoms with Gasteiger partial charge in [0.25, 0.3) is 5.91 Å². The van der Waals surface area contributed by atoms with Crippen LogP contribution in [0, 0.1) is 12.8 Å². The maximum atomic E-state index is 12.6. The Kier molecular flexibility index (Phi) is 4.06. The van der Waals surface area contributed by atoms with Gasteiger partial charge in [-0.25, -0.2) is 9.67 Å². The summed E-state index contributed by atoms with van der Waals surface area (Å²) in [4.78, 5) is 16.1. The van der Waals surface area contributed by atoms with E-state index in [2.05, 4.69) is 15.4 Å². The van der Waals surface area contributed by atoms with Crippen molar-refractivity contribution < 1.29 is 18.0 Å². The number of aromatic nitrogens is 3. The zero-order valence-corrected chi connectivity index (χ0v) is 13.3. The van der Waals surface area contributed by atoms with Crippen molar-refractivity contribution in [2.45, 2.75) is 38.9 Å². The topological polar surface area (TPSA) is 59.8 Å². The fraction of sp³-hybridized carbons (Fsp3) is 0.438. The van der Waals surface area contributed by atoms with E-state index in [9.17, 15) is 18.0 Å². The molecule has 1 fully saturated rings. The van der Waals surface area contributed by atoms with E-state index in [1.807, 2.05) is 6.92 Å². The van der Waals surface area contributed by atoms with E-state index in [1.165, 1.54) is 16.9 Å². The minimum atomic E-state index is -4.44. The van der Waals surface area contributed by atoms with Gasteiger partial charge in [-0.2, -0.15) is 18.3 Å². The van der Waals surface area contributed by atoms with Crippen LogP contribution in [0.25, 0.3) is 5.82 Å². The molecule has 0 saturated heterocycles. The largest absolute Gasteiger partial charge is 0.417 e. The minimum absolute atomic E-state index is 0.101. The molecule has 0 aromatic carbocycles. The number of pyridine rings is 1. The first-order valence-electron chi connectivity index (χ1n) is 7.66. The second-order valence-corrected chi connectivity index (χ2v) is 6.06. The third-order valence-corrected chi connectivity index (χ3v) is 4.23. The van der Waals surface area contributed by atoms with Crippen molar-refractivity contribution >= 4 is 5.91 Å². The molecule has 0 radical (unpaired) electrons. The Morgan fingerprint density at radius 3 is 2.58 bits per heavy atom. The summed E-state index contributed by atoms with van der Waals surface area (Å²) in [6, 6.07) is 2.28. The van der Waals surface area contributed by atoms with E-state index in [4.69, 9.17) is 0 Å². The van der Waals surface area contributed by atoms with E-state index >= 15 is 0 Å². The lowest BCUT2D eigenvalue weighted by molar-refractivity contribution is -0.137. The fourth-order valence-corrected chi connectivity index (χ4v) is 2.54. The molecule has 0 bridgehead atoms. The van der Waals surface area contributed by atoms with Gasteiger partial charge in [-0.15, -0.1) is 0 Å². The predicted molar refractivity (Wildman–Crippen MR) is 80.8 cm³/mol. The first-order chi connectivity index (χ1) is 11.3. The summed E-state index contributed by atoms with van der Waals surface area (Å²) in [6.07, 6.45) is -0.0337. The molecule has 2 heterocycles. The monoisotopic (exact) mass is 338 g/mol. The molecular formula is C16H17F3N4O. The van der Waals surface area contributed by atoms with Crippen molar-refractivity contribution in [1.29, 1.82) is 0 Å². The number of alkyl halides is 3. The lowest BCUT2D eigenvalue weighted by atomic mass is 10.2. The molecule has 2 aromatic rings. The van der Waals surface area contributed by atoms with Crippen LogP contribution in [-0.2, 0) is 6.18 Å². The van der Waals surface area contributed by atoms with Crippen LogP contribution in [0.2, 0.25) is 0 Å². The second-order valence-electron chi connectivity index (χ2n) is 6.06. The molecule has 1 aliphatic rings. The molecule has 1 N–H and O–H groups in total. The van der Waals surface area contributed by atoms with Crippen LogP contribution in [-0.4, -0.2) is 26.7 Å². The Labute approximate surface area is 136 Å². The fourth-order valence-electron chi connectivity index (χ4n) is 2.54. The Bertz CT molecular complexity index is 748. The van der Waals surface area contributed by atoms with Crippen molar-refractivity contribution in [3.63, 3.8) is 0 Å². The number of rotatable bonds is 4. The molecule has 1 aliphatic carbocycles. The van der Waals surface area contributed by atoms with Crippen molar-refractivity contribution in [2.24, 2.45) is 5.92 Å². The summed E-state index contributed by atoms with van der Waals surface area (Å²) < 4.78 is 39.1. The molecule has 1 unspecified atom stereocenters. The highest BCUT2D eigenvalue weighted by molar-refractivity contribution is 5.95. The third kappa shape index (κ3) is 3.27. The maximum Gasteiger partial charge on any atom is 0.417 e. The number of halogens is 3. The van der Waals surface area contributed by atoms with E-state index in [1.54, 1.807) is 6.92 Å². The Morgan fingerprint density at radius 2 is 2.04 bits per heavy atom. The van der Waals surface area contributed by atoms with Crippen LogP contribution >= 0.6 is 0 Å². The zero-order valence-electron chi connectivity index (χ0n) is 13.3. The van der Waals surface area contributed by atoms with Crippen LogP contribution in [0.3, 0.4) is 0 Å². The molecule has 8 heteroatoms. The van der Waals surface area contributed by atoms with E-state index in [0.29, 0.717) is 17.2 Å². The van der Waals surface area contributed by atoms with Gasteiger partial charge < -0.3 is 5.32 Å². The summed E-state index contributed by atoms with van der Waals surface area (Å²) in [7, 11) is 0. The molecule has 1 atom stereocenters. The number of nitrogens with zero attached hydrogens (tertiary/aromatic N) is 3. The highest BCUT2D eigenvalue weighted by atomic mass is 19.4. The van der Waals surface area contributed by atoms with E-state index in [-0.39, 0.29) is 17.8 Å². The second kappa shape index (κ2) is 5.92. The quantitative estimate of drug-likeness (QED) is 0.932. The lowest BCUT2D eigenvalue weighted by Gasteiger charge is -2.12. The molecule has 24 heavy (non-hydrogen) atoms. The molecule has 0 spiro atoms. The molecule has 3 rings (SSSR count). The predicted octanol–water partition coefficient (Wildman–Crippen LogP) is 3.12. The van der Waals surface area contributed by atoms with Gasteiger partial charge in [0.05, 0.1) is 23.0 Å². The summed E-state index contributed by atoms with van der Waals surface area (Å²) in [5.41, 5.74) is 0.0965. The number of amides is 1. The summed E-state index contributed by atoms with van der Waals surface area (Å²) in [5, 5.41) is 7.01. The SMILES string of the molecule is Cc1c(C(=O)NC(C)C2CC2)cnn1-c1ccc(C(F)(F)F)cn1. The molecule has 1 saturated carbocycles. The Morgan fingerprint density at radius 1 is 1.33 bits per heavy atom. The van der Waals surface area contributed by atoms with Crippen LogP contribution in [0.15, 0.2) is 24.5 Å². The van der Waals surface area contributed by atoms with E-state index < -0.39 is 11.7 Å². The zero-order chi connectivity index (χ0) is 17.5. The van der Waals surface area contributed by atoms with Gasteiger partial charge in [0.15, 0.2) is 5.82 Å². The molecule has 0 aliphatic heterocycles. The Balaban J connectivity index is 1.80. The lowest BCUT2D eigenvalue weighted by Crippen LogP contribution is -2.34. The highest BCUT2D eigenvalue weighted by Crippen LogP contribution is 2.32.